The van der Waals surface area contributed by atoms with Gasteiger partial charge in [-0.3, -0.25) is 0 Å². The van der Waals surface area contributed by atoms with Crippen LogP contribution in [0.2, 0.25) is 5.02 Å². The van der Waals surface area contributed by atoms with E-state index in [1.807, 2.05) is 0 Å². The number of benzene rings is 1. The summed E-state index contributed by atoms with van der Waals surface area (Å²) < 4.78 is 13.1. The molecule has 0 bridgehead atoms. The molecule has 1 aliphatic rings. The monoisotopic (exact) mass is 233 g/mol. The van der Waals surface area contributed by atoms with E-state index in [4.69, 9.17) is 11.6 Å². The molecule has 1 aliphatic heterocycles. The zero-order valence-electron chi connectivity index (χ0n) is 7.50. The molecular weight excluding hydrogens is 225 g/mol. The molecular formula is C9H9ClFNOS. The molecule has 0 fully saturated rings. The first kappa shape index (κ1) is 10.1. The van der Waals surface area contributed by atoms with Crippen LogP contribution in [0, 0.1) is 5.82 Å². The van der Waals surface area contributed by atoms with Gasteiger partial charge in [-0.1, -0.05) is 11.6 Å². The molecule has 14 heavy (non-hydrogen) atoms. The number of aliphatic hydroxyl groups excluding tert-OH is 1. The van der Waals surface area contributed by atoms with Crippen molar-refractivity contribution in [1.82, 2.24) is 0 Å². The van der Waals surface area contributed by atoms with Gasteiger partial charge < -0.3 is 10.0 Å². The second-order valence-electron chi connectivity index (χ2n) is 3.14. The Bertz CT molecular complexity index is 374. The molecule has 2 rings (SSSR count). The fraction of sp³-hybridized carbons (Fsp3) is 0.333. The van der Waals surface area contributed by atoms with Gasteiger partial charge in [-0.15, -0.1) is 11.8 Å². The lowest BCUT2D eigenvalue weighted by Crippen LogP contribution is -2.36. The number of halogens is 2. The van der Waals surface area contributed by atoms with Crippen LogP contribution in [-0.2, 0) is 0 Å². The van der Waals surface area contributed by atoms with Crippen molar-refractivity contribution in [2.45, 2.75) is 11.1 Å². The SMILES string of the molecule is CN1c2cc(Cl)c(F)cc2SCC1O. The van der Waals surface area contributed by atoms with E-state index in [0.717, 1.165) is 10.6 Å². The molecule has 1 unspecified atom stereocenters. The number of hydrogen-bond acceptors (Lipinski definition) is 3. The summed E-state index contributed by atoms with van der Waals surface area (Å²) in [5.74, 6) is 0.132. The summed E-state index contributed by atoms with van der Waals surface area (Å²) in [7, 11) is 1.76. The molecule has 0 amide bonds. The molecule has 1 aromatic rings. The first-order chi connectivity index (χ1) is 6.59. The van der Waals surface area contributed by atoms with Crippen molar-refractivity contribution in [3.8, 4) is 0 Å². The largest absolute Gasteiger partial charge is 0.373 e. The van der Waals surface area contributed by atoms with E-state index in [-0.39, 0.29) is 5.02 Å². The number of hydrogen-bond donors (Lipinski definition) is 1. The first-order valence-electron chi connectivity index (χ1n) is 4.12. The van der Waals surface area contributed by atoms with Crippen molar-refractivity contribution in [2.24, 2.45) is 0 Å². The minimum absolute atomic E-state index is 0.0882. The number of thioether (sulfide) groups is 1. The number of fused-ring (bicyclic) bond motifs is 1. The van der Waals surface area contributed by atoms with Crippen LogP contribution in [0.5, 0.6) is 0 Å². The van der Waals surface area contributed by atoms with E-state index >= 15 is 0 Å². The van der Waals surface area contributed by atoms with E-state index in [2.05, 4.69) is 0 Å². The Labute approximate surface area is 90.7 Å². The second-order valence-corrected chi connectivity index (χ2v) is 4.61. The van der Waals surface area contributed by atoms with Gasteiger partial charge in [0.25, 0.3) is 0 Å². The Balaban J connectivity index is 2.50. The Morgan fingerprint density at radius 2 is 2.36 bits per heavy atom. The predicted molar refractivity (Wildman–Crippen MR) is 56.5 cm³/mol. The highest BCUT2D eigenvalue weighted by atomic mass is 35.5. The summed E-state index contributed by atoms with van der Waals surface area (Å²) in [6.45, 7) is 0. The lowest BCUT2D eigenvalue weighted by Gasteiger charge is -2.32. The highest BCUT2D eigenvalue weighted by molar-refractivity contribution is 7.99. The molecule has 0 aromatic heterocycles. The summed E-state index contributed by atoms with van der Waals surface area (Å²) in [6, 6.07) is 2.95. The topological polar surface area (TPSA) is 23.5 Å². The molecule has 5 heteroatoms. The summed E-state index contributed by atoms with van der Waals surface area (Å²) in [6.07, 6.45) is -0.533. The normalized spacial score (nSPS) is 20.9. The fourth-order valence-corrected chi connectivity index (χ4v) is 2.59. The third kappa shape index (κ3) is 1.58. The third-order valence-electron chi connectivity index (χ3n) is 2.22. The zero-order valence-corrected chi connectivity index (χ0v) is 9.07. The zero-order chi connectivity index (χ0) is 10.3. The predicted octanol–water partition coefficient (Wildman–Crippen LogP) is 2.34. The van der Waals surface area contributed by atoms with E-state index in [1.165, 1.54) is 17.8 Å². The van der Waals surface area contributed by atoms with Crippen molar-refractivity contribution in [3.63, 3.8) is 0 Å². The molecule has 1 N–H and O–H groups in total. The van der Waals surface area contributed by atoms with E-state index in [1.54, 1.807) is 18.0 Å². The smallest absolute Gasteiger partial charge is 0.143 e. The van der Waals surface area contributed by atoms with Crippen LogP contribution < -0.4 is 4.90 Å². The molecule has 1 aromatic carbocycles. The van der Waals surface area contributed by atoms with Gasteiger partial charge in [-0.2, -0.15) is 0 Å². The van der Waals surface area contributed by atoms with Crippen molar-refractivity contribution in [1.29, 1.82) is 0 Å². The molecule has 0 saturated carbocycles. The van der Waals surface area contributed by atoms with Gasteiger partial charge in [-0.05, 0) is 12.1 Å². The summed E-state index contributed by atoms with van der Waals surface area (Å²) in [5.41, 5.74) is 0.778. The Morgan fingerprint density at radius 3 is 3.07 bits per heavy atom. The van der Waals surface area contributed by atoms with Gasteiger partial charge in [0.05, 0.1) is 10.7 Å². The minimum atomic E-state index is -0.533. The van der Waals surface area contributed by atoms with E-state index in [9.17, 15) is 9.50 Å². The van der Waals surface area contributed by atoms with Gasteiger partial charge in [0, 0.05) is 17.7 Å². The Hall–Kier alpha value is -0.450. The van der Waals surface area contributed by atoms with E-state index in [0.29, 0.717) is 5.75 Å². The van der Waals surface area contributed by atoms with Gasteiger partial charge in [0.15, 0.2) is 0 Å². The van der Waals surface area contributed by atoms with Crippen LogP contribution >= 0.6 is 23.4 Å². The Kier molecular flexibility index (Phi) is 2.60. The maximum absolute atomic E-state index is 13.1. The second kappa shape index (κ2) is 3.61. The van der Waals surface area contributed by atoms with Crippen LogP contribution in [-0.4, -0.2) is 24.1 Å². The third-order valence-corrected chi connectivity index (χ3v) is 3.61. The van der Waals surface area contributed by atoms with Crippen LogP contribution in [0.1, 0.15) is 0 Å². The van der Waals surface area contributed by atoms with Crippen molar-refractivity contribution >= 4 is 29.1 Å². The van der Waals surface area contributed by atoms with Gasteiger partial charge in [0.2, 0.25) is 0 Å². The van der Waals surface area contributed by atoms with Gasteiger partial charge >= 0.3 is 0 Å². The number of nitrogens with zero attached hydrogens (tertiary/aromatic N) is 1. The fourth-order valence-electron chi connectivity index (χ4n) is 1.35. The first-order valence-corrected chi connectivity index (χ1v) is 5.48. The van der Waals surface area contributed by atoms with E-state index < -0.39 is 12.0 Å². The minimum Gasteiger partial charge on any atom is -0.373 e. The van der Waals surface area contributed by atoms with Crippen molar-refractivity contribution < 1.29 is 9.50 Å². The average Bonchev–Trinajstić information content (AvgIpc) is 2.15. The lowest BCUT2D eigenvalue weighted by molar-refractivity contribution is 0.197. The van der Waals surface area contributed by atoms with Crippen LogP contribution in [0.15, 0.2) is 17.0 Å². The molecule has 1 atom stereocenters. The molecule has 0 radical (unpaired) electrons. The van der Waals surface area contributed by atoms with Crippen LogP contribution in [0.4, 0.5) is 10.1 Å². The molecule has 0 spiro atoms. The maximum atomic E-state index is 13.1. The highest BCUT2D eigenvalue weighted by Gasteiger charge is 2.23. The highest BCUT2D eigenvalue weighted by Crippen LogP contribution is 2.38. The summed E-state index contributed by atoms with van der Waals surface area (Å²) >= 11 is 7.10. The van der Waals surface area contributed by atoms with Crippen LogP contribution in [0.25, 0.3) is 0 Å². The number of anilines is 1. The Morgan fingerprint density at radius 1 is 1.64 bits per heavy atom. The van der Waals surface area contributed by atoms with Gasteiger partial charge in [-0.25, -0.2) is 4.39 Å². The number of aliphatic hydroxyl groups is 1. The summed E-state index contributed by atoms with van der Waals surface area (Å²) in [5, 5.41) is 9.64. The molecule has 1 heterocycles. The standard InChI is InChI=1S/C9H9ClFNOS/c1-12-7-2-5(10)6(11)3-8(7)14-4-9(12)13/h2-3,9,13H,4H2,1H3. The van der Waals surface area contributed by atoms with Gasteiger partial charge in [0.1, 0.15) is 12.0 Å². The molecule has 0 saturated heterocycles. The lowest BCUT2D eigenvalue weighted by atomic mass is 10.2. The molecule has 2 nitrogen and oxygen atoms in total. The molecule has 0 aliphatic carbocycles. The summed E-state index contributed by atoms with van der Waals surface area (Å²) in [4.78, 5) is 2.51. The van der Waals surface area contributed by atoms with Crippen molar-refractivity contribution in [2.75, 3.05) is 17.7 Å². The average molecular weight is 234 g/mol. The van der Waals surface area contributed by atoms with Crippen LogP contribution in [0.3, 0.4) is 0 Å². The van der Waals surface area contributed by atoms with Crippen molar-refractivity contribution in [3.05, 3.63) is 23.0 Å². The number of rotatable bonds is 0. The quantitative estimate of drug-likeness (QED) is 0.744. The molecule has 76 valence electrons. The maximum Gasteiger partial charge on any atom is 0.143 e.